The summed E-state index contributed by atoms with van der Waals surface area (Å²) in [5, 5.41) is 2.53. The number of aromatic nitrogens is 2. The van der Waals surface area contributed by atoms with Crippen molar-refractivity contribution in [1.29, 1.82) is 0 Å². The standard InChI is InChI=1S/C24H20N2/c1-16-14-15-17(2)24(16)20-10-7-13-23(25-20)26-21-11-5-3-8-18(21)19-9-4-6-12-22(19)26/h3-15,24H,1-2H3. The topological polar surface area (TPSA) is 17.8 Å². The van der Waals surface area contributed by atoms with Gasteiger partial charge in [0.25, 0.3) is 0 Å². The molecule has 0 aliphatic heterocycles. The van der Waals surface area contributed by atoms with Crippen LogP contribution in [0.15, 0.2) is 90.0 Å². The van der Waals surface area contributed by atoms with Gasteiger partial charge in [-0.2, -0.15) is 0 Å². The molecule has 0 saturated carbocycles. The minimum absolute atomic E-state index is 0.294. The maximum absolute atomic E-state index is 5.08. The molecule has 1 aliphatic carbocycles. The Balaban J connectivity index is 1.77. The van der Waals surface area contributed by atoms with Crippen LogP contribution in [0.25, 0.3) is 27.6 Å². The van der Waals surface area contributed by atoms with Gasteiger partial charge in [0.05, 0.1) is 16.7 Å². The maximum Gasteiger partial charge on any atom is 0.137 e. The smallest absolute Gasteiger partial charge is 0.137 e. The summed E-state index contributed by atoms with van der Waals surface area (Å²) in [7, 11) is 0. The van der Waals surface area contributed by atoms with Gasteiger partial charge in [0.15, 0.2) is 0 Å². The van der Waals surface area contributed by atoms with Crippen molar-refractivity contribution in [2.75, 3.05) is 0 Å². The van der Waals surface area contributed by atoms with E-state index in [0.29, 0.717) is 5.92 Å². The Kier molecular flexibility index (Phi) is 3.32. The zero-order valence-corrected chi connectivity index (χ0v) is 15.0. The molecular formula is C24H20N2. The average Bonchev–Trinajstić information content (AvgIpc) is 3.19. The fourth-order valence-electron chi connectivity index (χ4n) is 4.18. The van der Waals surface area contributed by atoms with Crippen LogP contribution in [-0.4, -0.2) is 9.55 Å². The number of hydrogen-bond acceptors (Lipinski definition) is 1. The molecular weight excluding hydrogens is 316 g/mol. The first-order valence-corrected chi connectivity index (χ1v) is 9.04. The number of benzene rings is 2. The average molecular weight is 336 g/mol. The van der Waals surface area contributed by atoms with Gasteiger partial charge in [0.1, 0.15) is 5.82 Å². The van der Waals surface area contributed by atoms with E-state index in [2.05, 4.69) is 97.3 Å². The van der Waals surface area contributed by atoms with E-state index in [4.69, 9.17) is 4.98 Å². The van der Waals surface area contributed by atoms with Crippen molar-refractivity contribution >= 4 is 21.8 Å². The van der Waals surface area contributed by atoms with Gasteiger partial charge in [-0.05, 0) is 38.1 Å². The molecule has 1 aliphatic rings. The third-order valence-electron chi connectivity index (χ3n) is 5.38. The zero-order valence-electron chi connectivity index (χ0n) is 15.0. The largest absolute Gasteiger partial charge is 0.294 e. The fraction of sp³-hybridized carbons (Fsp3) is 0.125. The Morgan fingerprint density at radius 3 is 1.88 bits per heavy atom. The molecule has 0 N–H and O–H groups in total. The van der Waals surface area contributed by atoms with Crippen LogP contribution >= 0.6 is 0 Å². The van der Waals surface area contributed by atoms with Crippen molar-refractivity contribution in [2.24, 2.45) is 0 Å². The molecule has 2 nitrogen and oxygen atoms in total. The molecule has 4 aromatic rings. The summed E-state index contributed by atoms with van der Waals surface area (Å²) in [5.74, 6) is 1.27. The first-order valence-electron chi connectivity index (χ1n) is 9.04. The van der Waals surface area contributed by atoms with Crippen LogP contribution < -0.4 is 0 Å². The van der Waals surface area contributed by atoms with Crippen LogP contribution in [0.5, 0.6) is 0 Å². The van der Waals surface area contributed by atoms with Gasteiger partial charge in [-0.3, -0.25) is 4.57 Å². The normalized spacial score (nSPS) is 14.8. The van der Waals surface area contributed by atoms with Crippen molar-refractivity contribution in [3.63, 3.8) is 0 Å². The fourth-order valence-corrected chi connectivity index (χ4v) is 4.18. The summed E-state index contributed by atoms with van der Waals surface area (Å²) in [6.07, 6.45) is 4.41. The van der Waals surface area contributed by atoms with E-state index in [-0.39, 0.29) is 0 Å². The Hall–Kier alpha value is -3.13. The summed E-state index contributed by atoms with van der Waals surface area (Å²) in [4.78, 5) is 5.08. The lowest BCUT2D eigenvalue weighted by Crippen LogP contribution is -2.05. The van der Waals surface area contributed by atoms with E-state index >= 15 is 0 Å². The summed E-state index contributed by atoms with van der Waals surface area (Å²) in [6.45, 7) is 4.37. The summed E-state index contributed by atoms with van der Waals surface area (Å²) >= 11 is 0. The van der Waals surface area contributed by atoms with Crippen molar-refractivity contribution in [3.8, 4) is 5.82 Å². The lowest BCUT2D eigenvalue weighted by molar-refractivity contribution is 0.878. The molecule has 2 aromatic heterocycles. The number of fused-ring (bicyclic) bond motifs is 3. The number of pyridine rings is 1. The van der Waals surface area contributed by atoms with Crippen LogP contribution in [0, 0.1) is 0 Å². The van der Waals surface area contributed by atoms with Crippen LogP contribution in [0.1, 0.15) is 25.5 Å². The predicted molar refractivity (Wildman–Crippen MR) is 109 cm³/mol. The van der Waals surface area contributed by atoms with E-state index < -0.39 is 0 Å². The number of hydrogen-bond donors (Lipinski definition) is 0. The SMILES string of the molecule is CC1=CC=C(C)C1c1cccc(-n2c3ccccc3c3ccccc32)n1. The van der Waals surface area contributed by atoms with Gasteiger partial charge < -0.3 is 0 Å². The molecule has 0 radical (unpaired) electrons. The first kappa shape index (κ1) is 15.2. The Morgan fingerprint density at radius 1 is 0.692 bits per heavy atom. The number of allylic oxidation sites excluding steroid dienone is 4. The minimum Gasteiger partial charge on any atom is -0.294 e. The molecule has 126 valence electrons. The molecule has 0 atom stereocenters. The van der Waals surface area contributed by atoms with E-state index in [9.17, 15) is 0 Å². The second-order valence-electron chi connectivity index (χ2n) is 7.04. The van der Waals surface area contributed by atoms with Crippen LogP contribution in [0.2, 0.25) is 0 Å². The molecule has 0 fully saturated rings. The van der Waals surface area contributed by atoms with E-state index in [1.54, 1.807) is 0 Å². The van der Waals surface area contributed by atoms with Crippen molar-refractivity contribution in [3.05, 3.63) is 95.7 Å². The predicted octanol–water partition coefficient (Wildman–Crippen LogP) is 6.17. The molecule has 0 bridgehead atoms. The molecule has 0 unspecified atom stereocenters. The second kappa shape index (κ2) is 5.70. The highest BCUT2D eigenvalue weighted by Gasteiger charge is 2.21. The maximum atomic E-state index is 5.08. The summed E-state index contributed by atoms with van der Waals surface area (Å²) in [5.41, 5.74) is 6.22. The summed E-state index contributed by atoms with van der Waals surface area (Å²) < 4.78 is 2.28. The highest BCUT2D eigenvalue weighted by atomic mass is 15.1. The van der Waals surface area contributed by atoms with Gasteiger partial charge in [0.2, 0.25) is 0 Å². The molecule has 0 spiro atoms. The van der Waals surface area contributed by atoms with Crippen LogP contribution in [-0.2, 0) is 0 Å². The monoisotopic (exact) mass is 336 g/mol. The second-order valence-corrected chi connectivity index (χ2v) is 7.04. The molecule has 2 heterocycles. The number of rotatable bonds is 2. The molecule has 0 amide bonds. The first-order chi connectivity index (χ1) is 12.7. The number of nitrogens with zero attached hydrogens (tertiary/aromatic N) is 2. The quantitative estimate of drug-likeness (QED) is 0.428. The van der Waals surface area contributed by atoms with Crippen molar-refractivity contribution < 1.29 is 0 Å². The third kappa shape index (κ3) is 2.15. The highest BCUT2D eigenvalue weighted by Crippen LogP contribution is 2.36. The van der Waals surface area contributed by atoms with E-state index in [1.165, 1.54) is 33.0 Å². The van der Waals surface area contributed by atoms with E-state index in [0.717, 1.165) is 11.5 Å². The molecule has 5 rings (SSSR count). The molecule has 2 aromatic carbocycles. The van der Waals surface area contributed by atoms with Gasteiger partial charge in [-0.15, -0.1) is 0 Å². The van der Waals surface area contributed by atoms with Crippen LogP contribution in [0.3, 0.4) is 0 Å². The van der Waals surface area contributed by atoms with Gasteiger partial charge in [-0.25, -0.2) is 4.98 Å². The van der Waals surface area contributed by atoms with E-state index in [1.807, 2.05) is 0 Å². The Labute approximate surface area is 153 Å². The highest BCUT2D eigenvalue weighted by molar-refractivity contribution is 6.09. The Bertz CT molecular complexity index is 1140. The van der Waals surface area contributed by atoms with Gasteiger partial charge >= 0.3 is 0 Å². The molecule has 26 heavy (non-hydrogen) atoms. The lowest BCUT2D eigenvalue weighted by Gasteiger charge is -2.16. The zero-order chi connectivity index (χ0) is 17.7. The summed E-state index contributed by atoms with van der Waals surface area (Å²) in [6, 6.07) is 23.5. The number of para-hydroxylation sites is 2. The Morgan fingerprint density at radius 2 is 1.27 bits per heavy atom. The van der Waals surface area contributed by atoms with Gasteiger partial charge in [0, 0.05) is 16.7 Å². The lowest BCUT2D eigenvalue weighted by atomic mass is 9.94. The van der Waals surface area contributed by atoms with Crippen molar-refractivity contribution in [1.82, 2.24) is 9.55 Å². The third-order valence-corrected chi connectivity index (χ3v) is 5.38. The molecule has 2 heteroatoms. The van der Waals surface area contributed by atoms with Crippen molar-refractivity contribution in [2.45, 2.75) is 19.8 Å². The minimum atomic E-state index is 0.294. The van der Waals surface area contributed by atoms with Gasteiger partial charge in [-0.1, -0.05) is 65.8 Å². The molecule has 0 saturated heterocycles. The van der Waals surface area contributed by atoms with Crippen LogP contribution in [0.4, 0.5) is 0 Å².